The van der Waals surface area contributed by atoms with Gasteiger partial charge in [-0.25, -0.2) is 0 Å². The SMILES string of the molecule is C=C(CCC[C@H]1CC=C2C3=C([C@@H](O)CC21C)C1(C)CCC(C)C(C)(C)C1CC3)C(C)C.CC(=O)O.COCC1CC1. The molecule has 2 N–H and O–H groups in total. The van der Waals surface area contributed by atoms with Gasteiger partial charge >= 0.3 is 0 Å². The van der Waals surface area contributed by atoms with Crippen LogP contribution in [0.25, 0.3) is 0 Å². The van der Waals surface area contributed by atoms with Gasteiger partial charge in [-0.15, -0.1) is 0 Å². The molecule has 0 bridgehead atoms. The molecule has 0 aromatic carbocycles. The van der Waals surface area contributed by atoms with Crippen molar-refractivity contribution < 1.29 is 19.7 Å². The van der Waals surface area contributed by atoms with Crippen LogP contribution in [0.3, 0.4) is 0 Å². The van der Waals surface area contributed by atoms with Crippen LogP contribution in [0.5, 0.6) is 0 Å². The van der Waals surface area contributed by atoms with Gasteiger partial charge in [0.05, 0.1) is 6.10 Å². The minimum atomic E-state index is -0.833. The molecule has 2 saturated carbocycles. The lowest BCUT2D eigenvalue weighted by atomic mass is 9.45. The molecule has 0 aliphatic heterocycles. The summed E-state index contributed by atoms with van der Waals surface area (Å²) in [6, 6.07) is 0. The Hall–Kier alpha value is -1.39. The maximum Gasteiger partial charge on any atom is 0.300 e. The van der Waals surface area contributed by atoms with Gasteiger partial charge in [-0.3, -0.25) is 4.79 Å². The van der Waals surface area contributed by atoms with Crippen LogP contribution in [0.2, 0.25) is 0 Å². The lowest BCUT2D eigenvalue weighted by Crippen LogP contribution is -2.53. The maximum absolute atomic E-state index is 11.7. The number of rotatable bonds is 7. The molecular weight excluding hydrogens is 508 g/mol. The summed E-state index contributed by atoms with van der Waals surface area (Å²) >= 11 is 0. The van der Waals surface area contributed by atoms with E-state index in [1.165, 1.54) is 68.9 Å². The first-order valence-electron chi connectivity index (χ1n) is 16.6. The van der Waals surface area contributed by atoms with Crippen molar-refractivity contribution in [2.24, 2.45) is 45.8 Å². The summed E-state index contributed by atoms with van der Waals surface area (Å²) in [5.74, 6) is 2.83. The molecule has 0 spiro atoms. The van der Waals surface area contributed by atoms with Crippen LogP contribution in [0.1, 0.15) is 126 Å². The summed E-state index contributed by atoms with van der Waals surface area (Å²) in [6.45, 7) is 23.3. The molecule has 41 heavy (non-hydrogen) atoms. The largest absolute Gasteiger partial charge is 0.481 e. The van der Waals surface area contributed by atoms with E-state index in [0.29, 0.717) is 23.2 Å². The maximum atomic E-state index is 11.7. The molecule has 5 aliphatic carbocycles. The first kappa shape index (κ1) is 34.1. The van der Waals surface area contributed by atoms with E-state index in [9.17, 15) is 5.11 Å². The number of aliphatic hydroxyl groups excluding tert-OH is 1. The molecule has 4 nitrogen and oxygen atoms in total. The predicted molar refractivity (Wildman–Crippen MR) is 171 cm³/mol. The third kappa shape index (κ3) is 7.40. The van der Waals surface area contributed by atoms with Crippen molar-refractivity contribution in [1.82, 2.24) is 0 Å². The lowest BCUT2D eigenvalue weighted by Gasteiger charge is -2.60. The summed E-state index contributed by atoms with van der Waals surface area (Å²) in [7, 11) is 1.76. The van der Waals surface area contributed by atoms with Crippen LogP contribution in [0.15, 0.2) is 34.9 Å². The Morgan fingerprint density at radius 1 is 1.12 bits per heavy atom. The predicted octanol–water partition coefficient (Wildman–Crippen LogP) is 9.39. The Morgan fingerprint density at radius 3 is 2.29 bits per heavy atom. The molecular formula is C37H62O4. The van der Waals surface area contributed by atoms with E-state index in [1.807, 2.05) is 0 Å². The third-order valence-corrected chi connectivity index (χ3v) is 12.0. The number of carboxylic acids is 1. The molecule has 2 fully saturated rings. The van der Waals surface area contributed by atoms with Crippen LogP contribution in [0, 0.1) is 45.8 Å². The highest BCUT2D eigenvalue weighted by Gasteiger charge is 2.58. The van der Waals surface area contributed by atoms with Gasteiger partial charge in [0, 0.05) is 20.6 Å². The van der Waals surface area contributed by atoms with E-state index in [4.69, 9.17) is 14.6 Å². The number of fused-ring (bicyclic) bond motifs is 4. The Labute approximate surface area is 252 Å². The van der Waals surface area contributed by atoms with Gasteiger partial charge in [-0.2, -0.15) is 0 Å². The van der Waals surface area contributed by atoms with Crippen molar-refractivity contribution >= 4 is 5.97 Å². The number of allylic oxidation sites excluding steroid dienone is 4. The summed E-state index contributed by atoms with van der Waals surface area (Å²) in [4.78, 5) is 9.00. The third-order valence-electron chi connectivity index (χ3n) is 12.0. The van der Waals surface area contributed by atoms with E-state index >= 15 is 0 Å². The van der Waals surface area contributed by atoms with Gasteiger partial charge in [-0.1, -0.05) is 66.7 Å². The molecule has 5 rings (SSSR count). The molecule has 5 aliphatic rings. The highest BCUT2D eigenvalue weighted by Crippen LogP contribution is 2.67. The minimum absolute atomic E-state index is 0.165. The standard InChI is InChI=1S/C30H48O.C5H10O.C2H4O2/c1-19(2)20(3)10-9-11-22-12-14-24-23-13-15-26-28(5,6)21(4)16-17-29(26,7)27(23)25(31)18-30(22,24)8;1-6-4-5-2-3-5;1-2(3)4/h14,19,21-22,25-26,31H,3,9-13,15-18H2,1-2,4-8H3;5H,2-4H2,1H3;1H3,(H,3,4)/t21?,22-,25-,26?,29?,30?;;/m0../s1. The average Bonchev–Trinajstić information content (AvgIpc) is 3.63. The Bertz CT molecular complexity index is 994. The van der Waals surface area contributed by atoms with E-state index in [2.05, 4.69) is 61.1 Å². The van der Waals surface area contributed by atoms with Crippen molar-refractivity contribution in [1.29, 1.82) is 0 Å². The number of ether oxygens (including phenoxy) is 1. The molecule has 6 atom stereocenters. The molecule has 0 aromatic rings. The summed E-state index contributed by atoms with van der Waals surface area (Å²) in [5, 5.41) is 19.1. The highest BCUT2D eigenvalue weighted by atomic mass is 16.5. The van der Waals surface area contributed by atoms with Gasteiger partial charge in [0.2, 0.25) is 0 Å². The van der Waals surface area contributed by atoms with Crippen molar-refractivity contribution in [2.75, 3.05) is 13.7 Å². The number of carboxylic acid groups (broad SMARTS) is 1. The van der Waals surface area contributed by atoms with E-state index in [1.54, 1.807) is 18.3 Å². The first-order valence-corrected chi connectivity index (χ1v) is 16.6. The quantitative estimate of drug-likeness (QED) is 0.299. The zero-order valence-electron chi connectivity index (χ0n) is 27.9. The van der Waals surface area contributed by atoms with Crippen LogP contribution >= 0.6 is 0 Å². The van der Waals surface area contributed by atoms with E-state index in [-0.39, 0.29) is 16.9 Å². The number of methoxy groups -OCH3 is 1. The van der Waals surface area contributed by atoms with E-state index in [0.717, 1.165) is 38.2 Å². The van der Waals surface area contributed by atoms with Crippen molar-refractivity contribution in [3.8, 4) is 0 Å². The van der Waals surface area contributed by atoms with Crippen LogP contribution in [0.4, 0.5) is 0 Å². The monoisotopic (exact) mass is 570 g/mol. The fourth-order valence-corrected chi connectivity index (χ4v) is 8.91. The molecule has 4 unspecified atom stereocenters. The zero-order valence-corrected chi connectivity index (χ0v) is 27.9. The normalized spacial score (nSPS) is 35.1. The molecule has 234 valence electrons. The van der Waals surface area contributed by atoms with E-state index < -0.39 is 5.97 Å². The summed E-state index contributed by atoms with van der Waals surface area (Å²) in [5.41, 5.74) is 6.77. The topological polar surface area (TPSA) is 66.8 Å². The second kappa shape index (κ2) is 13.5. The number of hydrogen-bond acceptors (Lipinski definition) is 3. The fraction of sp³-hybridized carbons (Fsp3) is 0.811. The number of aliphatic hydroxyl groups is 1. The first-order chi connectivity index (χ1) is 19.1. The minimum Gasteiger partial charge on any atom is -0.481 e. The van der Waals surface area contributed by atoms with Crippen LogP contribution in [-0.2, 0) is 9.53 Å². The van der Waals surface area contributed by atoms with Crippen LogP contribution in [-0.4, -0.2) is 36.0 Å². The summed E-state index contributed by atoms with van der Waals surface area (Å²) in [6.07, 6.45) is 16.0. The van der Waals surface area contributed by atoms with Gasteiger partial charge in [0.25, 0.3) is 5.97 Å². The van der Waals surface area contributed by atoms with Gasteiger partial charge in [0.15, 0.2) is 0 Å². The molecule has 0 heterocycles. The van der Waals surface area contributed by atoms with Gasteiger partial charge in [-0.05, 0) is 133 Å². The van der Waals surface area contributed by atoms with Crippen molar-refractivity contribution in [3.05, 3.63) is 34.9 Å². The number of hydrogen-bond donors (Lipinski definition) is 2. The Kier molecular flexibility index (Phi) is 11.2. The molecule has 0 amide bonds. The second-order valence-corrected chi connectivity index (χ2v) is 15.5. The number of carbonyl (C=O) groups is 1. The molecule has 0 aromatic heterocycles. The zero-order chi connectivity index (χ0) is 30.8. The average molecular weight is 571 g/mol. The summed E-state index contributed by atoms with van der Waals surface area (Å²) < 4.78 is 4.87. The molecule has 0 saturated heterocycles. The number of aliphatic carboxylic acids is 1. The second-order valence-electron chi connectivity index (χ2n) is 15.5. The lowest BCUT2D eigenvalue weighted by molar-refractivity contribution is -0.134. The molecule has 0 radical (unpaired) electrons. The van der Waals surface area contributed by atoms with Crippen LogP contribution < -0.4 is 0 Å². The Morgan fingerprint density at radius 2 is 1.76 bits per heavy atom. The molecule has 4 heteroatoms. The highest BCUT2D eigenvalue weighted by molar-refractivity contribution is 5.63. The van der Waals surface area contributed by atoms with Crippen molar-refractivity contribution in [2.45, 2.75) is 132 Å². The smallest absolute Gasteiger partial charge is 0.300 e. The Balaban J connectivity index is 0.000000393. The fourth-order valence-electron chi connectivity index (χ4n) is 8.91. The van der Waals surface area contributed by atoms with Gasteiger partial charge in [0.1, 0.15) is 0 Å². The van der Waals surface area contributed by atoms with Crippen molar-refractivity contribution in [3.63, 3.8) is 0 Å². The van der Waals surface area contributed by atoms with Gasteiger partial charge < -0.3 is 14.9 Å².